The normalized spacial score (nSPS) is 16.2. The van der Waals surface area contributed by atoms with Crippen LogP contribution in [-0.4, -0.2) is 45.8 Å². The average Bonchev–Trinajstić information content (AvgIpc) is 3.12. The van der Waals surface area contributed by atoms with E-state index in [0.29, 0.717) is 30.3 Å². The number of carbonyl (C=O) groups is 2. The predicted octanol–water partition coefficient (Wildman–Crippen LogP) is 2.24. The maximum absolute atomic E-state index is 12.6. The Kier molecular flexibility index (Phi) is 5.26. The second kappa shape index (κ2) is 7.77. The lowest BCUT2D eigenvalue weighted by atomic mass is 10.2. The van der Waals surface area contributed by atoms with Gasteiger partial charge in [-0.25, -0.2) is 9.97 Å². The van der Waals surface area contributed by atoms with Crippen molar-refractivity contribution in [3.63, 3.8) is 0 Å². The Morgan fingerprint density at radius 1 is 1.23 bits per heavy atom. The minimum absolute atomic E-state index is 0.0271. The van der Waals surface area contributed by atoms with Crippen molar-refractivity contribution in [3.8, 4) is 0 Å². The molecule has 2 heterocycles. The lowest BCUT2D eigenvalue weighted by Gasteiger charge is -2.17. The van der Waals surface area contributed by atoms with Crippen LogP contribution in [0.2, 0.25) is 0 Å². The summed E-state index contributed by atoms with van der Waals surface area (Å²) in [5.41, 5.74) is 2.23. The molecule has 1 aliphatic heterocycles. The number of anilines is 2. The standard InChI is InChI=1S/C19H21N5O2/c1-3-17(25)22-15-6-4-14(5-7-15)18(26)24-9-8-16(12-24)23-19-20-10-13(2)11-21-19/h3-7,10-11,16H,1,8-9,12H2,2H3,(H,22,25)(H,20,21,23). The molecule has 1 unspecified atom stereocenters. The molecule has 3 rings (SSSR count). The highest BCUT2D eigenvalue weighted by Crippen LogP contribution is 2.18. The molecule has 134 valence electrons. The second-order valence-electron chi connectivity index (χ2n) is 6.24. The maximum Gasteiger partial charge on any atom is 0.253 e. The van der Waals surface area contributed by atoms with Gasteiger partial charge in [0.2, 0.25) is 11.9 Å². The largest absolute Gasteiger partial charge is 0.350 e. The highest BCUT2D eigenvalue weighted by molar-refractivity contribution is 5.99. The number of hydrogen-bond acceptors (Lipinski definition) is 5. The molecule has 0 spiro atoms. The minimum atomic E-state index is -0.282. The molecule has 0 saturated carbocycles. The van der Waals surface area contributed by atoms with Gasteiger partial charge in [-0.15, -0.1) is 0 Å². The average molecular weight is 351 g/mol. The molecule has 26 heavy (non-hydrogen) atoms. The molecule has 1 atom stereocenters. The van der Waals surface area contributed by atoms with E-state index in [0.717, 1.165) is 12.0 Å². The first-order valence-electron chi connectivity index (χ1n) is 8.43. The zero-order chi connectivity index (χ0) is 18.5. The number of benzene rings is 1. The van der Waals surface area contributed by atoms with E-state index in [4.69, 9.17) is 0 Å². The van der Waals surface area contributed by atoms with Gasteiger partial charge >= 0.3 is 0 Å². The van der Waals surface area contributed by atoms with Crippen LogP contribution in [0.4, 0.5) is 11.6 Å². The molecule has 2 amide bonds. The first kappa shape index (κ1) is 17.6. The van der Waals surface area contributed by atoms with Crippen molar-refractivity contribution in [1.29, 1.82) is 0 Å². The molecule has 1 aromatic heterocycles. The molecule has 0 aliphatic carbocycles. The summed E-state index contributed by atoms with van der Waals surface area (Å²) in [5.74, 6) is 0.272. The minimum Gasteiger partial charge on any atom is -0.350 e. The van der Waals surface area contributed by atoms with Gasteiger partial charge in [-0.2, -0.15) is 0 Å². The Bertz CT molecular complexity index is 802. The summed E-state index contributed by atoms with van der Waals surface area (Å²) in [6.07, 6.45) is 5.57. The summed E-state index contributed by atoms with van der Waals surface area (Å²) in [5, 5.41) is 5.93. The highest BCUT2D eigenvalue weighted by Gasteiger charge is 2.27. The second-order valence-corrected chi connectivity index (χ2v) is 6.24. The number of carbonyl (C=O) groups excluding carboxylic acids is 2. The van der Waals surface area contributed by atoms with Gasteiger partial charge in [0.1, 0.15) is 0 Å². The van der Waals surface area contributed by atoms with Gasteiger partial charge < -0.3 is 15.5 Å². The number of nitrogens with zero attached hydrogens (tertiary/aromatic N) is 3. The smallest absolute Gasteiger partial charge is 0.253 e. The van der Waals surface area contributed by atoms with Crippen LogP contribution in [0.3, 0.4) is 0 Å². The molecule has 2 aromatic rings. The van der Waals surface area contributed by atoms with Gasteiger partial charge in [-0.3, -0.25) is 9.59 Å². The summed E-state index contributed by atoms with van der Waals surface area (Å²) in [6, 6.07) is 6.98. The topological polar surface area (TPSA) is 87.2 Å². The Morgan fingerprint density at radius 2 is 1.92 bits per heavy atom. The fraction of sp³-hybridized carbons (Fsp3) is 0.263. The van der Waals surface area contributed by atoms with Gasteiger partial charge in [0.05, 0.1) is 0 Å². The Hall–Kier alpha value is -3.22. The highest BCUT2D eigenvalue weighted by atomic mass is 16.2. The van der Waals surface area contributed by atoms with Gasteiger partial charge in [0, 0.05) is 42.8 Å². The summed E-state index contributed by atoms with van der Waals surface area (Å²) in [7, 11) is 0. The molecule has 1 fully saturated rings. The van der Waals surface area contributed by atoms with Crippen molar-refractivity contribution in [2.45, 2.75) is 19.4 Å². The molecule has 0 bridgehead atoms. The fourth-order valence-corrected chi connectivity index (χ4v) is 2.78. The van der Waals surface area contributed by atoms with Crippen LogP contribution in [0.15, 0.2) is 49.3 Å². The molecule has 2 N–H and O–H groups in total. The van der Waals surface area contributed by atoms with Crippen molar-refractivity contribution < 1.29 is 9.59 Å². The number of amides is 2. The van der Waals surface area contributed by atoms with Gasteiger partial charge in [0.15, 0.2) is 0 Å². The summed E-state index contributed by atoms with van der Waals surface area (Å²) in [6.45, 7) is 6.63. The Morgan fingerprint density at radius 3 is 2.58 bits per heavy atom. The van der Waals surface area contributed by atoms with E-state index < -0.39 is 0 Å². The van der Waals surface area contributed by atoms with Gasteiger partial charge in [-0.1, -0.05) is 6.58 Å². The third kappa shape index (κ3) is 4.24. The molecule has 0 radical (unpaired) electrons. The van der Waals surface area contributed by atoms with E-state index in [1.807, 2.05) is 11.8 Å². The first-order chi connectivity index (χ1) is 12.5. The predicted molar refractivity (Wildman–Crippen MR) is 100.0 cm³/mol. The molecule has 1 aromatic carbocycles. The van der Waals surface area contributed by atoms with Crippen LogP contribution in [0, 0.1) is 6.92 Å². The molecular formula is C19H21N5O2. The number of hydrogen-bond donors (Lipinski definition) is 2. The number of rotatable bonds is 5. The van der Waals surface area contributed by atoms with E-state index in [9.17, 15) is 9.59 Å². The van der Waals surface area contributed by atoms with Crippen molar-refractivity contribution in [1.82, 2.24) is 14.9 Å². The Labute approximate surface area is 152 Å². The lowest BCUT2D eigenvalue weighted by Crippen LogP contribution is -2.31. The Balaban J connectivity index is 1.57. The molecule has 1 aliphatic rings. The van der Waals surface area contributed by atoms with Crippen LogP contribution in [0.1, 0.15) is 22.3 Å². The third-order valence-corrected chi connectivity index (χ3v) is 4.17. The summed E-state index contributed by atoms with van der Waals surface area (Å²) < 4.78 is 0. The summed E-state index contributed by atoms with van der Waals surface area (Å²) in [4.78, 5) is 34.2. The number of nitrogens with one attached hydrogen (secondary N) is 2. The number of aromatic nitrogens is 2. The van der Waals surface area contributed by atoms with E-state index in [1.54, 1.807) is 36.7 Å². The van der Waals surface area contributed by atoms with Crippen LogP contribution >= 0.6 is 0 Å². The van der Waals surface area contributed by atoms with Crippen molar-refractivity contribution in [3.05, 3.63) is 60.4 Å². The summed E-state index contributed by atoms with van der Waals surface area (Å²) >= 11 is 0. The van der Waals surface area contributed by atoms with Gasteiger partial charge in [0.25, 0.3) is 5.91 Å². The first-order valence-corrected chi connectivity index (χ1v) is 8.43. The van der Waals surface area contributed by atoms with E-state index >= 15 is 0 Å². The monoisotopic (exact) mass is 351 g/mol. The quantitative estimate of drug-likeness (QED) is 0.807. The number of aryl methyl sites for hydroxylation is 1. The van der Waals surface area contributed by atoms with Crippen LogP contribution < -0.4 is 10.6 Å². The lowest BCUT2D eigenvalue weighted by molar-refractivity contribution is -0.111. The van der Waals surface area contributed by atoms with E-state index in [1.165, 1.54) is 6.08 Å². The van der Waals surface area contributed by atoms with Crippen LogP contribution in [0.5, 0.6) is 0 Å². The number of likely N-dealkylation sites (tertiary alicyclic amines) is 1. The SMILES string of the molecule is C=CC(=O)Nc1ccc(C(=O)N2CCC(Nc3ncc(C)cn3)C2)cc1. The zero-order valence-electron chi connectivity index (χ0n) is 14.6. The van der Waals surface area contributed by atoms with Gasteiger partial charge in [-0.05, 0) is 49.2 Å². The van der Waals surface area contributed by atoms with E-state index in [2.05, 4.69) is 27.2 Å². The van der Waals surface area contributed by atoms with Crippen molar-refractivity contribution in [2.75, 3.05) is 23.7 Å². The molecular weight excluding hydrogens is 330 g/mol. The molecule has 7 nitrogen and oxygen atoms in total. The molecule has 7 heteroatoms. The fourth-order valence-electron chi connectivity index (χ4n) is 2.78. The zero-order valence-corrected chi connectivity index (χ0v) is 14.6. The van der Waals surface area contributed by atoms with Crippen LogP contribution in [-0.2, 0) is 4.79 Å². The molecule has 1 saturated heterocycles. The van der Waals surface area contributed by atoms with E-state index in [-0.39, 0.29) is 17.9 Å². The van der Waals surface area contributed by atoms with Crippen molar-refractivity contribution >= 4 is 23.5 Å². The third-order valence-electron chi connectivity index (χ3n) is 4.17. The van der Waals surface area contributed by atoms with Crippen LogP contribution in [0.25, 0.3) is 0 Å². The maximum atomic E-state index is 12.6. The van der Waals surface area contributed by atoms with Crippen molar-refractivity contribution in [2.24, 2.45) is 0 Å².